The minimum Gasteiger partial charge on any atom is -0.461 e. The van der Waals surface area contributed by atoms with Crippen molar-refractivity contribution >= 4 is 39.7 Å². The van der Waals surface area contributed by atoms with Gasteiger partial charge in [-0.1, -0.05) is 30.3 Å². The topological polar surface area (TPSA) is 84.7 Å². The number of hydrogen-bond acceptors (Lipinski definition) is 5. The summed E-state index contributed by atoms with van der Waals surface area (Å²) in [5.74, 6) is -0.369. The molecule has 0 atom stereocenters. The van der Waals surface area contributed by atoms with Gasteiger partial charge in [0.1, 0.15) is 5.69 Å². The van der Waals surface area contributed by atoms with Gasteiger partial charge in [-0.2, -0.15) is 0 Å². The van der Waals surface area contributed by atoms with Crippen LogP contribution in [0.15, 0.2) is 66.2 Å². The number of anilines is 2. The maximum Gasteiger partial charge on any atom is 0.356 e. The summed E-state index contributed by atoms with van der Waals surface area (Å²) in [5, 5.41) is 7.30. The predicted molar refractivity (Wildman–Crippen MR) is 114 cm³/mol. The van der Waals surface area contributed by atoms with Crippen LogP contribution in [0.25, 0.3) is 16.2 Å². The highest BCUT2D eigenvalue weighted by molar-refractivity contribution is 7.15. The standard InChI is InChI=1S/C21H18N4O3S/c1-2-28-19(26)18-13-29-21-24-17(12-25(18)21)14-8-10-16(11-9-14)23-20(27)22-15-6-4-3-5-7-15/h3-13H,2H2,1H3,(H2,22,23,27). The third-order valence-electron chi connectivity index (χ3n) is 4.16. The molecule has 0 unspecified atom stereocenters. The van der Waals surface area contributed by atoms with Gasteiger partial charge in [0.15, 0.2) is 4.96 Å². The highest BCUT2D eigenvalue weighted by Gasteiger charge is 2.16. The first kappa shape index (κ1) is 18.7. The quantitative estimate of drug-likeness (QED) is 0.463. The van der Waals surface area contributed by atoms with Crippen LogP contribution >= 0.6 is 11.3 Å². The molecule has 2 aromatic carbocycles. The molecule has 0 radical (unpaired) electrons. The van der Waals surface area contributed by atoms with Crippen molar-refractivity contribution in [3.63, 3.8) is 0 Å². The maximum atomic E-state index is 12.1. The summed E-state index contributed by atoms with van der Waals surface area (Å²) in [7, 11) is 0. The van der Waals surface area contributed by atoms with Crippen molar-refractivity contribution in [2.75, 3.05) is 17.2 Å². The lowest BCUT2D eigenvalue weighted by Gasteiger charge is -2.08. The lowest BCUT2D eigenvalue weighted by Crippen LogP contribution is -2.19. The van der Waals surface area contributed by atoms with Gasteiger partial charge < -0.3 is 15.4 Å². The molecular formula is C21H18N4O3S. The molecule has 4 rings (SSSR count). The third kappa shape index (κ3) is 4.12. The van der Waals surface area contributed by atoms with Crippen molar-refractivity contribution in [2.24, 2.45) is 0 Å². The van der Waals surface area contributed by atoms with Crippen molar-refractivity contribution in [1.82, 2.24) is 9.38 Å². The molecule has 8 heteroatoms. The Morgan fingerprint density at radius 1 is 1.03 bits per heavy atom. The molecule has 0 saturated carbocycles. The van der Waals surface area contributed by atoms with Crippen molar-refractivity contribution in [3.8, 4) is 11.3 Å². The Balaban J connectivity index is 1.47. The first-order valence-corrected chi connectivity index (χ1v) is 9.89. The Bertz CT molecular complexity index is 1150. The average molecular weight is 406 g/mol. The van der Waals surface area contributed by atoms with Gasteiger partial charge in [-0.3, -0.25) is 4.40 Å². The summed E-state index contributed by atoms with van der Waals surface area (Å²) in [4.78, 5) is 29.4. The number of fused-ring (bicyclic) bond motifs is 1. The Hall–Kier alpha value is -3.65. The number of rotatable bonds is 5. The van der Waals surface area contributed by atoms with Crippen LogP contribution in [-0.4, -0.2) is 28.0 Å². The van der Waals surface area contributed by atoms with Crippen LogP contribution in [0.4, 0.5) is 16.2 Å². The molecule has 0 fully saturated rings. The number of imidazole rings is 1. The SMILES string of the molecule is CCOC(=O)c1csc2nc(-c3ccc(NC(=O)Nc4ccccc4)cc3)cn12. The van der Waals surface area contributed by atoms with Gasteiger partial charge in [-0.25, -0.2) is 14.6 Å². The molecule has 0 aliphatic rings. The zero-order valence-electron chi connectivity index (χ0n) is 15.6. The van der Waals surface area contributed by atoms with E-state index in [1.807, 2.05) is 48.7 Å². The maximum absolute atomic E-state index is 12.1. The summed E-state index contributed by atoms with van der Waals surface area (Å²) in [6.45, 7) is 2.10. The van der Waals surface area contributed by atoms with Crippen LogP contribution in [-0.2, 0) is 4.74 Å². The molecule has 4 aromatic rings. The van der Waals surface area contributed by atoms with Crippen molar-refractivity contribution < 1.29 is 14.3 Å². The number of ether oxygens (including phenoxy) is 1. The van der Waals surface area contributed by atoms with Gasteiger partial charge in [0.05, 0.1) is 12.3 Å². The third-order valence-corrected chi connectivity index (χ3v) is 5.00. The number of urea groups is 1. The average Bonchev–Trinajstić information content (AvgIpc) is 3.30. The van der Waals surface area contributed by atoms with E-state index in [4.69, 9.17) is 4.74 Å². The molecule has 146 valence electrons. The van der Waals surface area contributed by atoms with Crippen LogP contribution in [0.3, 0.4) is 0 Å². The molecule has 0 bridgehead atoms. The summed E-state index contributed by atoms with van der Waals surface area (Å²) in [5.41, 5.74) is 3.46. The van der Waals surface area contributed by atoms with Crippen LogP contribution in [0, 0.1) is 0 Å². The minimum atomic E-state index is -0.369. The first-order chi connectivity index (χ1) is 14.1. The van der Waals surface area contributed by atoms with Crippen molar-refractivity contribution in [3.05, 3.63) is 71.9 Å². The summed E-state index contributed by atoms with van der Waals surface area (Å²) in [6.07, 6.45) is 1.81. The van der Waals surface area contributed by atoms with Crippen LogP contribution in [0.1, 0.15) is 17.4 Å². The Morgan fingerprint density at radius 2 is 1.72 bits per heavy atom. The number of amides is 2. The normalized spacial score (nSPS) is 10.7. The van der Waals surface area contributed by atoms with Gasteiger partial charge in [0.2, 0.25) is 0 Å². The van der Waals surface area contributed by atoms with Crippen molar-refractivity contribution in [1.29, 1.82) is 0 Å². The van der Waals surface area contributed by atoms with Crippen LogP contribution in [0.5, 0.6) is 0 Å². The summed E-state index contributed by atoms with van der Waals surface area (Å²) < 4.78 is 6.81. The fourth-order valence-corrected chi connectivity index (χ4v) is 3.66. The van der Waals surface area contributed by atoms with Gasteiger partial charge >= 0.3 is 12.0 Å². The van der Waals surface area contributed by atoms with E-state index >= 15 is 0 Å². The summed E-state index contributed by atoms with van der Waals surface area (Å²) in [6, 6.07) is 16.3. The highest BCUT2D eigenvalue weighted by atomic mass is 32.1. The Morgan fingerprint density at radius 3 is 2.41 bits per heavy atom. The van der Waals surface area contributed by atoms with Crippen LogP contribution < -0.4 is 10.6 Å². The van der Waals surface area contributed by atoms with Crippen LogP contribution in [0.2, 0.25) is 0 Å². The molecule has 2 N–H and O–H groups in total. The second-order valence-corrected chi connectivity index (χ2v) is 6.98. The summed E-state index contributed by atoms with van der Waals surface area (Å²) >= 11 is 1.38. The van der Waals surface area contributed by atoms with Gasteiger partial charge in [0.25, 0.3) is 0 Å². The number of carbonyl (C=O) groups is 2. The van der Waals surface area contributed by atoms with Gasteiger partial charge in [-0.05, 0) is 31.2 Å². The fourth-order valence-electron chi connectivity index (χ4n) is 2.81. The highest BCUT2D eigenvalue weighted by Crippen LogP contribution is 2.25. The molecule has 2 aromatic heterocycles. The number of thiazole rings is 1. The minimum absolute atomic E-state index is 0.314. The Labute approximate surface area is 171 Å². The lowest BCUT2D eigenvalue weighted by molar-refractivity contribution is 0.0518. The van der Waals surface area contributed by atoms with E-state index in [1.165, 1.54) is 11.3 Å². The molecule has 0 aliphatic heterocycles. The number of hydrogen-bond donors (Lipinski definition) is 2. The van der Waals surface area contributed by atoms with E-state index in [-0.39, 0.29) is 12.0 Å². The van der Waals surface area contributed by atoms with E-state index in [0.29, 0.717) is 22.9 Å². The van der Waals surface area contributed by atoms with Crippen molar-refractivity contribution in [2.45, 2.75) is 6.92 Å². The number of benzene rings is 2. The number of carbonyl (C=O) groups excluding carboxylic acids is 2. The zero-order valence-corrected chi connectivity index (χ0v) is 16.4. The van der Waals surface area contributed by atoms with E-state index in [2.05, 4.69) is 15.6 Å². The fraction of sp³-hybridized carbons (Fsp3) is 0.0952. The molecule has 2 amide bonds. The monoisotopic (exact) mass is 406 g/mol. The van der Waals surface area contributed by atoms with E-state index < -0.39 is 0 Å². The second kappa shape index (κ2) is 8.15. The number of nitrogens with zero attached hydrogens (tertiary/aromatic N) is 2. The Kier molecular flexibility index (Phi) is 5.26. The number of aromatic nitrogens is 2. The van der Waals surface area contributed by atoms with E-state index in [9.17, 15) is 9.59 Å². The number of esters is 1. The first-order valence-electron chi connectivity index (χ1n) is 9.01. The zero-order chi connectivity index (χ0) is 20.2. The molecule has 7 nitrogen and oxygen atoms in total. The largest absolute Gasteiger partial charge is 0.461 e. The predicted octanol–water partition coefficient (Wildman–Crippen LogP) is 4.88. The molecular weight excluding hydrogens is 388 g/mol. The molecule has 29 heavy (non-hydrogen) atoms. The smallest absolute Gasteiger partial charge is 0.356 e. The van der Waals surface area contributed by atoms with Gasteiger partial charge in [-0.15, -0.1) is 11.3 Å². The molecule has 0 saturated heterocycles. The number of para-hydroxylation sites is 1. The van der Waals surface area contributed by atoms with Gasteiger partial charge in [0, 0.05) is 28.5 Å². The van der Waals surface area contributed by atoms with E-state index in [1.54, 1.807) is 28.8 Å². The lowest BCUT2D eigenvalue weighted by atomic mass is 10.1. The molecule has 2 heterocycles. The van der Waals surface area contributed by atoms with E-state index in [0.717, 1.165) is 16.9 Å². The molecule has 0 spiro atoms. The second-order valence-electron chi connectivity index (χ2n) is 6.14. The molecule has 0 aliphatic carbocycles. The number of nitrogens with one attached hydrogen (secondary N) is 2.